The molecule has 0 bridgehead atoms. The summed E-state index contributed by atoms with van der Waals surface area (Å²) in [6, 6.07) is 8.16. The number of aliphatic hydroxyl groups is 1. The molecule has 21 heavy (non-hydrogen) atoms. The molecule has 2 N–H and O–H groups in total. The summed E-state index contributed by atoms with van der Waals surface area (Å²) < 4.78 is 5.52. The van der Waals surface area contributed by atoms with Crippen molar-refractivity contribution in [2.45, 2.75) is 31.6 Å². The van der Waals surface area contributed by atoms with Gasteiger partial charge < -0.3 is 20.1 Å². The summed E-state index contributed by atoms with van der Waals surface area (Å²) >= 11 is 5.82. The molecule has 2 unspecified atom stereocenters. The predicted octanol–water partition coefficient (Wildman–Crippen LogP) is 1.90. The molecule has 1 aliphatic heterocycles. The van der Waals surface area contributed by atoms with Crippen LogP contribution in [-0.4, -0.2) is 55.4 Å². The Morgan fingerprint density at radius 3 is 2.86 bits per heavy atom. The van der Waals surface area contributed by atoms with E-state index in [9.17, 15) is 5.11 Å². The molecule has 0 radical (unpaired) electrons. The maximum absolute atomic E-state index is 9.89. The maximum Gasteiger partial charge on any atom is 0.0897 e. The Morgan fingerprint density at radius 1 is 1.43 bits per heavy atom. The van der Waals surface area contributed by atoms with Gasteiger partial charge in [-0.15, -0.1) is 0 Å². The van der Waals surface area contributed by atoms with Crippen LogP contribution in [0.25, 0.3) is 0 Å². The highest BCUT2D eigenvalue weighted by molar-refractivity contribution is 6.30. The fraction of sp³-hybridized carbons (Fsp3) is 0.625. The van der Waals surface area contributed by atoms with Gasteiger partial charge in [0.15, 0.2) is 0 Å². The van der Waals surface area contributed by atoms with E-state index < -0.39 is 6.10 Å². The molecule has 1 saturated heterocycles. The van der Waals surface area contributed by atoms with E-state index in [0.717, 1.165) is 17.1 Å². The molecule has 0 aromatic heterocycles. The first-order valence-corrected chi connectivity index (χ1v) is 7.94. The zero-order valence-corrected chi connectivity index (χ0v) is 13.4. The van der Waals surface area contributed by atoms with Gasteiger partial charge in [-0.2, -0.15) is 0 Å². The zero-order valence-electron chi connectivity index (χ0n) is 12.6. The molecule has 4 nitrogen and oxygen atoms in total. The predicted molar refractivity (Wildman–Crippen MR) is 85.6 cm³/mol. The SMILES string of the molecule is CN1CCCC1CNCC(O)COCc1ccc(Cl)cc1. The van der Waals surface area contributed by atoms with Crippen molar-refractivity contribution in [3.05, 3.63) is 34.9 Å². The third-order valence-corrected chi connectivity index (χ3v) is 4.18. The van der Waals surface area contributed by atoms with Crippen LogP contribution in [0.1, 0.15) is 18.4 Å². The van der Waals surface area contributed by atoms with E-state index in [1.807, 2.05) is 24.3 Å². The Kier molecular flexibility index (Phi) is 6.93. The first-order chi connectivity index (χ1) is 10.1. The third kappa shape index (κ3) is 5.93. The summed E-state index contributed by atoms with van der Waals surface area (Å²) in [7, 11) is 2.16. The number of aliphatic hydroxyl groups excluding tert-OH is 1. The van der Waals surface area contributed by atoms with Gasteiger partial charge in [-0.1, -0.05) is 23.7 Å². The Morgan fingerprint density at radius 2 is 2.19 bits per heavy atom. The molecule has 1 heterocycles. The number of likely N-dealkylation sites (tertiary alicyclic amines) is 1. The summed E-state index contributed by atoms with van der Waals surface area (Å²) in [6.45, 7) is 3.53. The first-order valence-electron chi connectivity index (χ1n) is 7.56. The number of ether oxygens (including phenoxy) is 1. The van der Waals surface area contributed by atoms with Gasteiger partial charge in [0.1, 0.15) is 0 Å². The minimum Gasteiger partial charge on any atom is -0.389 e. The molecule has 0 aliphatic carbocycles. The molecule has 2 rings (SSSR count). The van der Waals surface area contributed by atoms with Gasteiger partial charge in [0.25, 0.3) is 0 Å². The highest BCUT2D eigenvalue weighted by atomic mass is 35.5. The van der Waals surface area contributed by atoms with Gasteiger partial charge in [0.2, 0.25) is 0 Å². The number of hydrogen-bond donors (Lipinski definition) is 2. The van der Waals surface area contributed by atoms with E-state index in [1.54, 1.807) is 0 Å². The number of rotatable bonds is 8. The fourth-order valence-electron chi connectivity index (χ4n) is 2.61. The molecule has 118 valence electrons. The Labute approximate surface area is 132 Å². The lowest BCUT2D eigenvalue weighted by molar-refractivity contribution is 0.0284. The highest BCUT2D eigenvalue weighted by Gasteiger charge is 2.20. The average molecular weight is 313 g/mol. The minimum absolute atomic E-state index is 0.343. The molecule has 0 spiro atoms. The molecule has 0 saturated carbocycles. The van der Waals surface area contributed by atoms with E-state index >= 15 is 0 Å². The van der Waals surface area contributed by atoms with Gasteiger partial charge in [-0.25, -0.2) is 0 Å². The summed E-state index contributed by atoms with van der Waals surface area (Å²) in [5.41, 5.74) is 1.06. The molecule has 0 amide bonds. The van der Waals surface area contributed by atoms with Crippen molar-refractivity contribution in [1.82, 2.24) is 10.2 Å². The van der Waals surface area contributed by atoms with Gasteiger partial charge >= 0.3 is 0 Å². The van der Waals surface area contributed by atoms with E-state index in [-0.39, 0.29) is 0 Å². The molecule has 2 atom stereocenters. The van der Waals surface area contributed by atoms with E-state index in [2.05, 4.69) is 17.3 Å². The molecular weight excluding hydrogens is 288 g/mol. The molecule has 5 heteroatoms. The Balaban J connectivity index is 1.55. The first kappa shape index (κ1) is 16.7. The molecule has 1 fully saturated rings. The second-order valence-electron chi connectivity index (χ2n) is 5.73. The lowest BCUT2D eigenvalue weighted by Crippen LogP contribution is -2.39. The number of halogens is 1. The van der Waals surface area contributed by atoms with Crippen molar-refractivity contribution in [1.29, 1.82) is 0 Å². The van der Waals surface area contributed by atoms with Crippen molar-refractivity contribution in [3.63, 3.8) is 0 Å². The number of nitrogens with zero attached hydrogens (tertiary/aromatic N) is 1. The van der Waals surface area contributed by atoms with Crippen molar-refractivity contribution in [3.8, 4) is 0 Å². The highest BCUT2D eigenvalue weighted by Crippen LogP contribution is 2.13. The quantitative estimate of drug-likeness (QED) is 0.769. The van der Waals surface area contributed by atoms with Crippen LogP contribution in [0.3, 0.4) is 0 Å². The smallest absolute Gasteiger partial charge is 0.0897 e. The number of benzene rings is 1. The van der Waals surface area contributed by atoms with Crippen molar-refractivity contribution >= 4 is 11.6 Å². The number of hydrogen-bond acceptors (Lipinski definition) is 4. The van der Waals surface area contributed by atoms with Crippen LogP contribution in [0.4, 0.5) is 0 Å². The van der Waals surface area contributed by atoms with Crippen molar-refractivity contribution in [2.24, 2.45) is 0 Å². The number of likely N-dealkylation sites (N-methyl/N-ethyl adjacent to an activating group) is 1. The lowest BCUT2D eigenvalue weighted by atomic mass is 10.2. The van der Waals surface area contributed by atoms with Crippen LogP contribution >= 0.6 is 11.6 Å². The summed E-state index contributed by atoms with van der Waals surface area (Å²) in [6.07, 6.45) is 2.05. The fourth-order valence-corrected chi connectivity index (χ4v) is 2.73. The number of nitrogens with one attached hydrogen (secondary N) is 1. The summed E-state index contributed by atoms with van der Waals surface area (Å²) in [4.78, 5) is 2.37. The molecule has 1 aromatic carbocycles. The zero-order chi connectivity index (χ0) is 15.1. The molecule has 1 aliphatic rings. The van der Waals surface area contributed by atoms with Crippen LogP contribution < -0.4 is 5.32 Å². The Bertz CT molecular complexity index is 413. The third-order valence-electron chi connectivity index (χ3n) is 3.92. The second kappa shape index (κ2) is 8.71. The largest absolute Gasteiger partial charge is 0.389 e. The van der Waals surface area contributed by atoms with Crippen LogP contribution in [0.5, 0.6) is 0 Å². The Hall–Kier alpha value is -0.650. The lowest BCUT2D eigenvalue weighted by Gasteiger charge is -2.20. The van der Waals surface area contributed by atoms with Gasteiger partial charge in [-0.05, 0) is 44.1 Å². The van der Waals surface area contributed by atoms with Crippen LogP contribution in [-0.2, 0) is 11.3 Å². The monoisotopic (exact) mass is 312 g/mol. The van der Waals surface area contributed by atoms with Crippen LogP contribution in [0.15, 0.2) is 24.3 Å². The normalized spacial score (nSPS) is 20.8. The summed E-state index contributed by atoms with van der Waals surface area (Å²) in [5, 5.41) is 13.9. The topological polar surface area (TPSA) is 44.7 Å². The van der Waals surface area contributed by atoms with Crippen molar-refractivity contribution in [2.75, 3.05) is 33.3 Å². The van der Waals surface area contributed by atoms with Crippen LogP contribution in [0.2, 0.25) is 5.02 Å². The minimum atomic E-state index is -0.469. The molecule has 1 aromatic rings. The average Bonchev–Trinajstić information content (AvgIpc) is 2.87. The van der Waals surface area contributed by atoms with Gasteiger partial charge in [0, 0.05) is 24.2 Å². The summed E-state index contributed by atoms with van der Waals surface area (Å²) in [5.74, 6) is 0. The maximum atomic E-state index is 9.89. The van der Waals surface area contributed by atoms with E-state index in [0.29, 0.717) is 25.8 Å². The molecular formula is C16H25ClN2O2. The van der Waals surface area contributed by atoms with E-state index in [4.69, 9.17) is 16.3 Å². The standard InChI is InChI=1S/C16H25ClN2O2/c1-19-8-2-3-15(19)9-18-10-16(20)12-21-11-13-4-6-14(17)7-5-13/h4-7,15-16,18,20H,2-3,8-12H2,1H3. The van der Waals surface area contributed by atoms with Crippen molar-refractivity contribution < 1.29 is 9.84 Å². The van der Waals surface area contributed by atoms with Gasteiger partial charge in [-0.3, -0.25) is 0 Å². The second-order valence-corrected chi connectivity index (χ2v) is 6.17. The van der Waals surface area contributed by atoms with Crippen LogP contribution in [0, 0.1) is 0 Å². The van der Waals surface area contributed by atoms with E-state index in [1.165, 1.54) is 19.4 Å². The van der Waals surface area contributed by atoms with Gasteiger partial charge in [0.05, 0.1) is 19.3 Å².